The number of rotatable bonds is 8. The number of hydrogen-bond acceptors (Lipinski definition) is 3. The maximum absolute atomic E-state index is 12.8. The normalized spacial score (nSPS) is 10.9. The molecule has 0 saturated carbocycles. The van der Waals surface area contributed by atoms with Crippen molar-refractivity contribution in [3.05, 3.63) is 124 Å². The number of benzene rings is 4. The third-order valence-corrected chi connectivity index (χ3v) is 6.88. The molecule has 4 aromatic carbocycles. The summed E-state index contributed by atoms with van der Waals surface area (Å²) in [6.07, 6.45) is 0. The molecular weight excluding hydrogens is 514 g/mol. The minimum absolute atomic E-state index is 0.327. The number of carbonyl (C=O) groups is 1. The number of carbonyl (C=O) groups excluding carboxylic acids is 1. The highest BCUT2D eigenvalue weighted by molar-refractivity contribution is 9.10. The highest BCUT2D eigenvalue weighted by atomic mass is 79.9. The smallest absolute Gasteiger partial charge is 0.356 e. The summed E-state index contributed by atoms with van der Waals surface area (Å²) < 4.78 is 14.1. The van der Waals surface area contributed by atoms with Crippen molar-refractivity contribution in [1.29, 1.82) is 0 Å². The van der Waals surface area contributed by atoms with E-state index in [0.29, 0.717) is 25.5 Å². The fourth-order valence-corrected chi connectivity index (χ4v) is 5.05. The maximum Gasteiger partial charge on any atom is 0.356 e. The van der Waals surface area contributed by atoms with E-state index in [0.717, 1.165) is 43.4 Å². The molecule has 36 heavy (non-hydrogen) atoms. The van der Waals surface area contributed by atoms with Crippen LogP contribution in [0.5, 0.6) is 5.75 Å². The average Bonchev–Trinajstić information content (AvgIpc) is 3.20. The van der Waals surface area contributed by atoms with Gasteiger partial charge in [-0.05, 0) is 69.4 Å². The molecule has 5 aromatic rings. The molecule has 0 unspecified atom stereocenters. The Bertz CT molecular complexity index is 1490. The molecule has 0 spiro atoms. The largest absolute Gasteiger partial charge is 0.489 e. The maximum atomic E-state index is 12.8. The van der Waals surface area contributed by atoms with E-state index in [9.17, 15) is 4.79 Å². The molecule has 5 rings (SSSR count). The summed E-state index contributed by atoms with van der Waals surface area (Å²) in [5.41, 5.74) is 5.96. The molecule has 180 valence electrons. The van der Waals surface area contributed by atoms with E-state index in [2.05, 4.69) is 64.5 Å². The molecule has 1 aromatic heterocycles. The first-order valence-corrected chi connectivity index (χ1v) is 12.7. The van der Waals surface area contributed by atoms with Gasteiger partial charge in [-0.25, -0.2) is 4.79 Å². The van der Waals surface area contributed by atoms with Crippen molar-refractivity contribution in [3.63, 3.8) is 0 Å². The summed E-state index contributed by atoms with van der Waals surface area (Å²) in [6.45, 7) is 3.23. The summed E-state index contributed by atoms with van der Waals surface area (Å²) in [4.78, 5) is 12.8. The van der Waals surface area contributed by atoms with Crippen molar-refractivity contribution in [3.8, 4) is 16.9 Å². The zero-order valence-corrected chi connectivity index (χ0v) is 21.6. The van der Waals surface area contributed by atoms with Crippen molar-refractivity contribution >= 4 is 32.8 Å². The fraction of sp³-hybridized carbons (Fsp3) is 0.129. The second kappa shape index (κ2) is 10.8. The van der Waals surface area contributed by atoms with Crippen molar-refractivity contribution in [2.45, 2.75) is 20.1 Å². The van der Waals surface area contributed by atoms with Crippen LogP contribution >= 0.6 is 15.9 Å². The Kier molecular flexibility index (Phi) is 7.19. The molecular formula is C31H26BrNO3. The van der Waals surface area contributed by atoms with Crippen molar-refractivity contribution in [1.82, 2.24) is 4.57 Å². The van der Waals surface area contributed by atoms with Crippen molar-refractivity contribution in [2.75, 3.05) is 6.61 Å². The lowest BCUT2D eigenvalue weighted by molar-refractivity contribution is 0.0514. The first-order valence-electron chi connectivity index (χ1n) is 11.9. The van der Waals surface area contributed by atoms with Gasteiger partial charge in [0.15, 0.2) is 0 Å². The van der Waals surface area contributed by atoms with Gasteiger partial charge in [-0.2, -0.15) is 0 Å². The van der Waals surface area contributed by atoms with Gasteiger partial charge in [0.05, 0.1) is 16.6 Å². The number of para-hydroxylation sites is 1. The summed E-state index contributed by atoms with van der Waals surface area (Å²) in [5.74, 6) is 0.504. The Morgan fingerprint density at radius 3 is 2.31 bits per heavy atom. The van der Waals surface area contributed by atoms with Crippen LogP contribution < -0.4 is 4.74 Å². The van der Waals surface area contributed by atoms with E-state index in [1.807, 2.05) is 66.1 Å². The van der Waals surface area contributed by atoms with E-state index in [4.69, 9.17) is 9.47 Å². The summed E-state index contributed by atoms with van der Waals surface area (Å²) in [6, 6.07) is 34.7. The predicted octanol–water partition coefficient (Wildman–Crippen LogP) is 7.87. The van der Waals surface area contributed by atoms with E-state index < -0.39 is 0 Å². The highest BCUT2D eigenvalue weighted by Gasteiger charge is 2.22. The van der Waals surface area contributed by atoms with Gasteiger partial charge in [0.2, 0.25) is 0 Å². The number of nitrogens with zero attached hydrogens (tertiary/aromatic N) is 1. The number of esters is 1. The second-order valence-electron chi connectivity index (χ2n) is 8.49. The minimum Gasteiger partial charge on any atom is -0.489 e. The Morgan fingerprint density at radius 1 is 0.806 bits per heavy atom. The summed E-state index contributed by atoms with van der Waals surface area (Å²) in [5, 5.41) is 0.989. The van der Waals surface area contributed by atoms with Crippen LogP contribution in [0, 0.1) is 0 Å². The molecule has 0 aliphatic carbocycles. The topological polar surface area (TPSA) is 40.5 Å². The number of hydrogen-bond donors (Lipinski definition) is 0. The molecule has 0 aliphatic rings. The first-order chi connectivity index (χ1) is 17.6. The Labute approximate surface area is 219 Å². The lowest BCUT2D eigenvalue weighted by Crippen LogP contribution is -2.13. The monoisotopic (exact) mass is 539 g/mol. The van der Waals surface area contributed by atoms with Crippen LogP contribution in [0.4, 0.5) is 0 Å². The number of halogens is 1. The number of ether oxygens (including phenoxy) is 2. The van der Waals surface area contributed by atoms with E-state index in [1.54, 1.807) is 0 Å². The van der Waals surface area contributed by atoms with Crippen LogP contribution in [0.25, 0.3) is 22.0 Å². The van der Waals surface area contributed by atoms with Gasteiger partial charge >= 0.3 is 5.97 Å². The second-order valence-corrected chi connectivity index (χ2v) is 9.28. The third-order valence-electron chi connectivity index (χ3n) is 6.08. The standard InChI is InChI=1S/C31H26BrNO3/c1-2-35-31(34)30-29(32)27-13-6-7-14-28(27)33(30)20-23-11-8-12-25(19-23)24-15-17-26(18-16-24)36-21-22-9-4-3-5-10-22/h3-19H,2,20-21H2,1H3. The Morgan fingerprint density at radius 2 is 1.53 bits per heavy atom. The van der Waals surface area contributed by atoms with Crippen LogP contribution in [-0.2, 0) is 17.9 Å². The number of fused-ring (bicyclic) bond motifs is 1. The SMILES string of the molecule is CCOC(=O)c1c(Br)c2ccccc2n1Cc1cccc(-c2ccc(OCc3ccccc3)cc2)c1. The Hall–Kier alpha value is -3.83. The lowest BCUT2D eigenvalue weighted by Gasteiger charge is -2.12. The quantitative estimate of drug-likeness (QED) is 0.188. The molecule has 0 radical (unpaired) electrons. The van der Waals surface area contributed by atoms with Crippen molar-refractivity contribution < 1.29 is 14.3 Å². The molecule has 0 bridgehead atoms. The highest BCUT2D eigenvalue weighted by Crippen LogP contribution is 2.33. The molecule has 4 nitrogen and oxygen atoms in total. The lowest BCUT2D eigenvalue weighted by atomic mass is 10.0. The summed E-state index contributed by atoms with van der Waals surface area (Å²) >= 11 is 3.64. The molecule has 0 aliphatic heterocycles. The fourth-order valence-electron chi connectivity index (χ4n) is 4.34. The molecule has 5 heteroatoms. The van der Waals surface area contributed by atoms with Gasteiger partial charge in [-0.3, -0.25) is 0 Å². The molecule has 1 heterocycles. The van der Waals surface area contributed by atoms with Gasteiger partial charge in [0.1, 0.15) is 18.1 Å². The van der Waals surface area contributed by atoms with Gasteiger partial charge in [-0.15, -0.1) is 0 Å². The van der Waals surface area contributed by atoms with Crippen LogP contribution in [0.15, 0.2) is 108 Å². The average molecular weight is 540 g/mol. The van der Waals surface area contributed by atoms with Gasteiger partial charge in [0.25, 0.3) is 0 Å². The van der Waals surface area contributed by atoms with Gasteiger partial charge in [-0.1, -0.05) is 78.9 Å². The first kappa shape index (κ1) is 23.9. The zero-order chi connectivity index (χ0) is 24.9. The number of aromatic nitrogens is 1. The van der Waals surface area contributed by atoms with Gasteiger partial charge < -0.3 is 14.0 Å². The van der Waals surface area contributed by atoms with E-state index in [1.165, 1.54) is 0 Å². The third kappa shape index (κ3) is 5.07. The van der Waals surface area contributed by atoms with Crippen LogP contribution in [-0.4, -0.2) is 17.1 Å². The predicted molar refractivity (Wildman–Crippen MR) is 147 cm³/mol. The molecule has 0 amide bonds. The van der Waals surface area contributed by atoms with Crippen molar-refractivity contribution in [2.24, 2.45) is 0 Å². The molecule has 0 atom stereocenters. The summed E-state index contributed by atoms with van der Waals surface area (Å²) in [7, 11) is 0. The molecule has 0 N–H and O–H groups in total. The van der Waals surface area contributed by atoms with E-state index in [-0.39, 0.29) is 5.97 Å². The van der Waals surface area contributed by atoms with E-state index >= 15 is 0 Å². The van der Waals surface area contributed by atoms with Crippen LogP contribution in [0.3, 0.4) is 0 Å². The van der Waals surface area contributed by atoms with Crippen LogP contribution in [0.2, 0.25) is 0 Å². The molecule has 0 saturated heterocycles. The van der Waals surface area contributed by atoms with Crippen LogP contribution in [0.1, 0.15) is 28.5 Å². The molecule has 0 fully saturated rings. The minimum atomic E-state index is -0.331. The van der Waals surface area contributed by atoms with Gasteiger partial charge in [0, 0.05) is 11.9 Å². The zero-order valence-electron chi connectivity index (χ0n) is 20.0. The Balaban J connectivity index is 1.39.